The van der Waals surface area contributed by atoms with Gasteiger partial charge in [0.1, 0.15) is 11.4 Å². The lowest BCUT2D eigenvalue weighted by Crippen LogP contribution is -2.35. The average Bonchev–Trinajstić information content (AvgIpc) is 3.36. The van der Waals surface area contributed by atoms with Crippen LogP contribution in [0.2, 0.25) is 0 Å². The van der Waals surface area contributed by atoms with Gasteiger partial charge in [-0.3, -0.25) is 4.79 Å². The number of nitrogens with zero attached hydrogens (tertiary/aromatic N) is 4. The number of amides is 2. The lowest BCUT2D eigenvalue weighted by molar-refractivity contribution is -0.114. The van der Waals surface area contributed by atoms with Crippen molar-refractivity contribution in [2.45, 2.75) is 53.1 Å². The van der Waals surface area contributed by atoms with Crippen molar-refractivity contribution in [3.05, 3.63) is 95.6 Å². The van der Waals surface area contributed by atoms with Gasteiger partial charge in [-0.15, -0.1) is 17.5 Å². The fourth-order valence-electron chi connectivity index (χ4n) is 5.13. The smallest absolute Gasteiger partial charge is 0.410 e. The van der Waals surface area contributed by atoms with Crippen LogP contribution in [0, 0.1) is 11.8 Å². The van der Waals surface area contributed by atoms with E-state index in [2.05, 4.69) is 61.7 Å². The molecule has 0 spiro atoms. The first kappa shape index (κ1) is 34.7. The molecule has 2 atom stereocenters. The standard InChI is InChI=1S/C36H48N4O3S/c1-10-14-32-33(37-27(3)44-9)38(7)23-24-40(34(32)41)30-19-13-17-28(25-30)16-12-18-29(31-20-11-15-26(31)2)21-22-39(8)35(42)43-36(4,5)6/h11-15,17-20,25-26,29H,1,16,21-24H2,2-9H3/b18-12-,37-27+. The molecule has 0 saturated carbocycles. The van der Waals surface area contributed by atoms with Crippen molar-refractivity contribution in [2.75, 3.05) is 44.9 Å². The molecule has 0 radical (unpaired) electrons. The largest absolute Gasteiger partial charge is 0.444 e. The van der Waals surface area contributed by atoms with Crippen LogP contribution < -0.4 is 4.90 Å². The van der Waals surface area contributed by atoms with Crippen molar-refractivity contribution in [2.24, 2.45) is 16.8 Å². The summed E-state index contributed by atoms with van der Waals surface area (Å²) < 4.78 is 5.54. The van der Waals surface area contributed by atoms with Gasteiger partial charge in [0, 0.05) is 45.3 Å². The summed E-state index contributed by atoms with van der Waals surface area (Å²) in [4.78, 5) is 36.5. The van der Waals surface area contributed by atoms with Gasteiger partial charge in [0.25, 0.3) is 5.91 Å². The Morgan fingerprint density at radius 3 is 2.70 bits per heavy atom. The molecule has 0 bridgehead atoms. The zero-order chi connectivity index (χ0) is 32.4. The maximum Gasteiger partial charge on any atom is 0.410 e. The van der Waals surface area contributed by atoms with E-state index in [1.54, 1.807) is 29.8 Å². The highest BCUT2D eigenvalue weighted by molar-refractivity contribution is 8.13. The molecule has 0 aromatic heterocycles. The van der Waals surface area contributed by atoms with E-state index in [9.17, 15) is 9.59 Å². The van der Waals surface area contributed by atoms with Gasteiger partial charge in [-0.2, -0.15) is 0 Å². The lowest BCUT2D eigenvalue weighted by Gasteiger charge is -2.26. The summed E-state index contributed by atoms with van der Waals surface area (Å²) in [7, 11) is 3.75. The Balaban J connectivity index is 1.79. The van der Waals surface area contributed by atoms with Crippen LogP contribution in [0.4, 0.5) is 10.5 Å². The molecule has 0 saturated heterocycles. The fourth-order valence-corrected chi connectivity index (χ4v) is 5.31. The SMILES string of the molecule is C=C=CC1=C(/N=C(\C)SC)N(C)CCN(c2cccc(C/C=C\C(CCN(C)C(=O)OC(C)(C)C)C3=CC=CC3C)c2)C1=O. The first-order valence-electron chi connectivity index (χ1n) is 15.1. The summed E-state index contributed by atoms with van der Waals surface area (Å²) >= 11 is 1.55. The quantitative estimate of drug-likeness (QED) is 0.119. The third kappa shape index (κ3) is 9.63. The summed E-state index contributed by atoms with van der Waals surface area (Å²) in [5, 5.41) is 0.880. The Morgan fingerprint density at radius 1 is 1.32 bits per heavy atom. The van der Waals surface area contributed by atoms with Gasteiger partial charge in [0.15, 0.2) is 0 Å². The molecule has 2 unspecified atom stereocenters. The van der Waals surface area contributed by atoms with Crippen LogP contribution in [0.15, 0.2) is 95.0 Å². The Morgan fingerprint density at radius 2 is 2.07 bits per heavy atom. The highest BCUT2D eigenvalue weighted by Gasteiger charge is 2.28. The van der Waals surface area contributed by atoms with Crippen molar-refractivity contribution >= 4 is 34.5 Å². The zero-order valence-electron chi connectivity index (χ0n) is 27.6. The minimum Gasteiger partial charge on any atom is -0.444 e. The molecule has 3 rings (SSSR count). The second-order valence-electron chi connectivity index (χ2n) is 12.2. The molecule has 1 aromatic rings. The van der Waals surface area contributed by atoms with Gasteiger partial charge in [0.05, 0.1) is 10.6 Å². The highest BCUT2D eigenvalue weighted by atomic mass is 32.2. The number of hydrogen-bond acceptors (Lipinski definition) is 6. The van der Waals surface area contributed by atoms with Gasteiger partial charge in [-0.1, -0.05) is 61.6 Å². The number of anilines is 1. The topological polar surface area (TPSA) is 65.4 Å². The van der Waals surface area contributed by atoms with Crippen LogP contribution in [0.5, 0.6) is 0 Å². The molecule has 236 valence electrons. The third-order valence-electron chi connectivity index (χ3n) is 7.61. The maximum atomic E-state index is 13.8. The lowest BCUT2D eigenvalue weighted by atomic mass is 9.88. The number of likely N-dealkylation sites (N-methyl/N-ethyl adjacent to an activating group) is 1. The van der Waals surface area contributed by atoms with E-state index in [0.717, 1.165) is 29.1 Å². The number of allylic oxidation sites excluding steroid dienone is 6. The average molecular weight is 617 g/mol. The number of rotatable bonds is 10. The van der Waals surface area contributed by atoms with E-state index in [4.69, 9.17) is 9.73 Å². The summed E-state index contributed by atoms with van der Waals surface area (Å²) in [5.41, 5.74) is 6.05. The van der Waals surface area contributed by atoms with E-state index in [1.165, 1.54) is 5.57 Å². The van der Waals surface area contributed by atoms with Gasteiger partial charge in [-0.25, -0.2) is 9.79 Å². The van der Waals surface area contributed by atoms with Crippen LogP contribution in [-0.4, -0.2) is 72.4 Å². The Kier molecular flexibility index (Phi) is 12.5. The van der Waals surface area contributed by atoms with Gasteiger partial charge in [-0.05, 0) is 76.5 Å². The van der Waals surface area contributed by atoms with Crippen LogP contribution in [0.1, 0.15) is 46.6 Å². The summed E-state index contributed by atoms with van der Waals surface area (Å²) in [6.45, 7) is 15.3. The minimum absolute atomic E-state index is 0.116. The normalized spacial score (nSPS) is 18.4. The van der Waals surface area contributed by atoms with E-state index in [1.807, 2.05) is 62.9 Å². The monoisotopic (exact) mass is 616 g/mol. The Bertz CT molecular complexity index is 1410. The second kappa shape index (κ2) is 15.8. The zero-order valence-corrected chi connectivity index (χ0v) is 28.4. The number of carbonyl (C=O) groups is 2. The molecule has 2 amide bonds. The molecule has 2 aliphatic rings. The van der Waals surface area contributed by atoms with Crippen LogP contribution in [0.25, 0.3) is 0 Å². The summed E-state index contributed by atoms with van der Waals surface area (Å²) in [6, 6.07) is 8.16. The predicted molar refractivity (Wildman–Crippen MR) is 185 cm³/mol. The van der Waals surface area contributed by atoms with Crippen LogP contribution in [-0.2, 0) is 16.0 Å². The van der Waals surface area contributed by atoms with Crippen molar-refractivity contribution < 1.29 is 14.3 Å². The van der Waals surface area contributed by atoms with Crippen molar-refractivity contribution in [1.29, 1.82) is 0 Å². The molecule has 0 N–H and O–H groups in total. The summed E-state index contributed by atoms with van der Waals surface area (Å²) in [6.07, 6.45) is 15.8. The maximum absolute atomic E-state index is 13.8. The van der Waals surface area contributed by atoms with Gasteiger partial charge in [0.2, 0.25) is 0 Å². The molecule has 1 aliphatic carbocycles. The molecule has 1 aliphatic heterocycles. The molecule has 1 heterocycles. The first-order chi connectivity index (χ1) is 20.8. The van der Waals surface area contributed by atoms with Gasteiger partial charge >= 0.3 is 6.09 Å². The van der Waals surface area contributed by atoms with Crippen molar-refractivity contribution in [1.82, 2.24) is 9.80 Å². The van der Waals surface area contributed by atoms with Crippen LogP contribution in [0.3, 0.4) is 0 Å². The van der Waals surface area contributed by atoms with E-state index < -0.39 is 5.60 Å². The molecule has 8 heteroatoms. The number of carbonyl (C=O) groups excluding carboxylic acids is 2. The minimum atomic E-state index is -0.525. The van der Waals surface area contributed by atoms with E-state index in [-0.39, 0.29) is 17.9 Å². The Hall–Kier alpha value is -3.74. The molecule has 1 aromatic carbocycles. The van der Waals surface area contributed by atoms with Gasteiger partial charge < -0.3 is 19.4 Å². The van der Waals surface area contributed by atoms with Crippen molar-refractivity contribution in [3.63, 3.8) is 0 Å². The molecule has 7 nitrogen and oxygen atoms in total. The molecular formula is C36H48N4O3S. The number of benzene rings is 1. The summed E-state index contributed by atoms with van der Waals surface area (Å²) in [5.74, 6) is 1.06. The van der Waals surface area contributed by atoms with E-state index >= 15 is 0 Å². The highest BCUT2D eigenvalue weighted by Crippen LogP contribution is 2.30. The first-order valence-corrected chi connectivity index (χ1v) is 16.4. The van der Waals surface area contributed by atoms with Crippen molar-refractivity contribution in [3.8, 4) is 0 Å². The number of thioether (sulfide) groups is 1. The third-order valence-corrected chi connectivity index (χ3v) is 8.29. The number of hydrogen-bond donors (Lipinski definition) is 0. The van der Waals surface area contributed by atoms with Crippen LogP contribution >= 0.6 is 11.8 Å². The molecule has 44 heavy (non-hydrogen) atoms. The Labute approximate surface area is 268 Å². The fraction of sp³-hybridized carbons (Fsp3) is 0.444. The number of ether oxygens (including phenoxy) is 1. The molecule has 0 fully saturated rings. The number of aliphatic imine (C=N–C) groups is 1. The second-order valence-corrected chi connectivity index (χ2v) is 13.2. The van der Waals surface area contributed by atoms with E-state index in [0.29, 0.717) is 36.9 Å². The predicted octanol–water partition coefficient (Wildman–Crippen LogP) is 7.40. The molecular weight excluding hydrogens is 568 g/mol.